The first-order valence-electron chi connectivity index (χ1n) is 13.8. The van der Waals surface area contributed by atoms with Gasteiger partial charge in [0.2, 0.25) is 0 Å². The van der Waals surface area contributed by atoms with Crippen LogP contribution in [0.15, 0.2) is 12.2 Å². The van der Waals surface area contributed by atoms with Gasteiger partial charge in [0.05, 0.1) is 11.5 Å². The zero-order valence-electron chi connectivity index (χ0n) is 22.2. The van der Waals surface area contributed by atoms with Gasteiger partial charge >= 0.3 is 5.97 Å². The molecule has 0 bridgehead atoms. The van der Waals surface area contributed by atoms with Crippen LogP contribution >= 0.6 is 0 Å². The Morgan fingerprint density at radius 1 is 0.971 bits per heavy atom. The molecule has 4 heteroatoms. The molecule has 190 valence electrons. The summed E-state index contributed by atoms with van der Waals surface area (Å²) in [6, 6.07) is 0. The molecule has 5 rings (SSSR count). The van der Waals surface area contributed by atoms with Crippen LogP contribution in [0.1, 0.15) is 99.3 Å². The second-order valence-electron chi connectivity index (χ2n) is 14.4. The lowest BCUT2D eigenvalue weighted by atomic mass is 9.32. The van der Waals surface area contributed by atoms with E-state index in [1.807, 2.05) is 0 Å². The monoisotopic (exact) mass is 470 g/mol. The Hall–Kier alpha value is -1.16. The van der Waals surface area contributed by atoms with Crippen LogP contribution in [0.4, 0.5) is 0 Å². The number of aliphatic carboxylic acids is 1. The molecule has 0 aromatic heterocycles. The number of carbonyl (C=O) groups excluding carboxylic acids is 1. The third kappa shape index (κ3) is 2.70. The number of Topliss-reactive ketones (excluding diaryl/α,β-unsaturated/α-hetero) is 1. The molecule has 0 radical (unpaired) electrons. The molecule has 5 aliphatic rings. The minimum atomic E-state index is -0.615. The van der Waals surface area contributed by atoms with Crippen LogP contribution in [0.5, 0.6) is 0 Å². The second-order valence-corrected chi connectivity index (χ2v) is 14.4. The third-order valence-corrected chi connectivity index (χ3v) is 13.1. The van der Waals surface area contributed by atoms with Crippen molar-refractivity contribution in [3.05, 3.63) is 12.2 Å². The summed E-state index contributed by atoms with van der Waals surface area (Å²) >= 11 is 0. The molecular weight excluding hydrogens is 424 g/mol. The summed E-state index contributed by atoms with van der Waals surface area (Å²) in [7, 11) is 0. The number of carboxylic acid groups (broad SMARTS) is 1. The molecule has 0 amide bonds. The lowest BCUT2D eigenvalue weighted by Crippen LogP contribution is -2.69. The van der Waals surface area contributed by atoms with Gasteiger partial charge in [-0.2, -0.15) is 0 Å². The molecule has 5 fully saturated rings. The van der Waals surface area contributed by atoms with Gasteiger partial charge in [0.1, 0.15) is 5.78 Å². The Morgan fingerprint density at radius 3 is 2.26 bits per heavy atom. The topological polar surface area (TPSA) is 74.6 Å². The average molecular weight is 471 g/mol. The number of ketones is 1. The predicted octanol–water partition coefficient (Wildman–Crippen LogP) is 6.27. The Bertz CT molecular complexity index is 936. The van der Waals surface area contributed by atoms with Crippen LogP contribution in [0.2, 0.25) is 0 Å². The molecule has 2 N–H and O–H groups in total. The zero-order chi connectivity index (χ0) is 25.1. The van der Waals surface area contributed by atoms with Crippen LogP contribution in [0.3, 0.4) is 0 Å². The highest BCUT2D eigenvalue weighted by molar-refractivity contribution is 5.85. The van der Waals surface area contributed by atoms with Crippen molar-refractivity contribution in [2.24, 2.45) is 56.7 Å². The molecule has 34 heavy (non-hydrogen) atoms. The molecule has 0 aromatic carbocycles. The van der Waals surface area contributed by atoms with Crippen LogP contribution in [-0.4, -0.2) is 28.1 Å². The van der Waals surface area contributed by atoms with E-state index in [0.29, 0.717) is 24.0 Å². The predicted molar refractivity (Wildman–Crippen MR) is 133 cm³/mol. The number of aliphatic hydroxyl groups is 1. The normalized spacial score (nSPS) is 53.8. The Labute approximate surface area is 206 Å². The van der Waals surface area contributed by atoms with E-state index >= 15 is 0 Å². The molecule has 10 unspecified atom stereocenters. The minimum Gasteiger partial charge on any atom is -0.481 e. The summed E-state index contributed by atoms with van der Waals surface area (Å²) in [5.41, 5.74) is -0.110. The van der Waals surface area contributed by atoms with Crippen molar-refractivity contribution in [1.82, 2.24) is 0 Å². The lowest BCUT2D eigenvalue weighted by Gasteiger charge is -2.72. The highest BCUT2D eigenvalue weighted by atomic mass is 16.4. The second kappa shape index (κ2) is 7.20. The lowest BCUT2D eigenvalue weighted by molar-refractivity contribution is -0.259. The summed E-state index contributed by atoms with van der Waals surface area (Å²) in [5.74, 6) is 0.916. The van der Waals surface area contributed by atoms with Gasteiger partial charge in [-0.15, -0.1) is 0 Å². The van der Waals surface area contributed by atoms with Crippen molar-refractivity contribution >= 4 is 11.8 Å². The van der Waals surface area contributed by atoms with Crippen LogP contribution in [0.25, 0.3) is 0 Å². The first-order chi connectivity index (χ1) is 15.7. The van der Waals surface area contributed by atoms with Crippen molar-refractivity contribution in [3.8, 4) is 0 Å². The van der Waals surface area contributed by atoms with E-state index in [2.05, 4.69) is 48.1 Å². The number of hydrogen-bond acceptors (Lipinski definition) is 3. The average Bonchev–Trinajstić information content (AvgIpc) is 3.13. The van der Waals surface area contributed by atoms with Gasteiger partial charge in [-0.3, -0.25) is 9.59 Å². The summed E-state index contributed by atoms with van der Waals surface area (Å²) < 4.78 is 0. The molecule has 5 saturated carbocycles. The maximum atomic E-state index is 12.9. The number of carbonyl (C=O) groups is 2. The number of rotatable bonds is 2. The van der Waals surface area contributed by atoms with Gasteiger partial charge in [-0.1, -0.05) is 46.8 Å². The third-order valence-electron chi connectivity index (χ3n) is 13.1. The van der Waals surface area contributed by atoms with E-state index in [4.69, 9.17) is 0 Å². The first-order valence-corrected chi connectivity index (χ1v) is 13.8. The van der Waals surface area contributed by atoms with Gasteiger partial charge in [0.25, 0.3) is 0 Å². The molecule has 0 heterocycles. The van der Waals surface area contributed by atoms with Gasteiger partial charge in [0, 0.05) is 17.8 Å². The van der Waals surface area contributed by atoms with E-state index in [1.54, 1.807) is 0 Å². The van der Waals surface area contributed by atoms with E-state index in [0.717, 1.165) is 56.9 Å². The van der Waals surface area contributed by atoms with Gasteiger partial charge in [0.15, 0.2) is 0 Å². The summed E-state index contributed by atoms with van der Waals surface area (Å²) in [5, 5.41) is 22.2. The molecule has 0 saturated heterocycles. The molecular formula is C30H46O4. The van der Waals surface area contributed by atoms with Crippen molar-refractivity contribution in [2.75, 3.05) is 0 Å². The van der Waals surface area contributed by atoms with Crippen molar-refractivity contribution < 1.29 is 19.8 Å². The fourth-order valence-electron chi connectivity index (χ4n) is 11.5. The van der Waals surface area contributed by atoms with Crippen LogP contribution in [0, 0.1) is 56.7 Å². The number of aliphatic hydroxyl groups excluding tert-OH is 1. The summed E-state index contributed by atoms with van der Waals surface area (Å²) in [6.07, 6.45) is 7.24. The molecule has 5 aliphatic carbocycles. The van der Waals surface area contributed by atoms with Crippen molar-refractivity contribution in [1.29, 1.82) is 0 Å². The quantitative estimate of drug-likeness (QED) is 0.467. The minimum absolute atomic E-state index is 0.00387. The standard InChI is InChI=1S/C30H46O4/c1-17(2)18-10-13-30(25(33)34)15-14-28(6)19(23(18)30)8-9-21-27(5)12-11-22(32)26(3,4)24(27)20(31)16-29(21,28)7/h18-21,23-24,31H,1,8-16H2,2-7H3,(H,33,34). The highest BCUT2D eigenvalue weighted by Crippen LogP contribution is 2.77. The van der Waals surface area contributed by atoms with Crippen molar-refractivity contribution in [3.63, 3.8) is 0 Å². The highest BCUT2D eigenvalue weighted by Gasteiger charge is 2.73. The van der Waals surface area contributed by atoms with E-state index < -0.39 is 22.9 Å². The smallest absolute Gasteiger partial charge is 0.309 e. The summed E-state index contributed by atoms with van der Waals surface area (Å²) in [4.78, 5) is 25.7. The molecule has 10 atom stereocenters. The van der Waals surface area contributed by atoms with Crippen LogP contribution < -0.4 is 0 Å². The van der Waals surface area contributed by atoms with Crippen molar-refractivity contribution in [2.45, 2.75) is 105 Å². The number of carboxylic acids is 1. The van der Waals surface area contributed by atoms with E-state index in [-0.39, 0.29) is 34.0 Å². The fraction of sp³-hybridized carbons (Fsp3) is 0.867. The molecule has 0 aromatic rings. The number of fused-ring (bicyclic) bond motifs is 7. The Morgan fingerprint density at radius 2 is 1.65 bits per heavy atom. The molecule has 0 spiro atoms. The number of allylic oxidation sites excluding steroid dienone is 1. The molecule has 0 aliphatic heterocycles. The first kappa shape index (κ1) is 24.5. The van der Waals surface area contributed by atoms with Gasteiger partial charge < -0.3 is 10.2 Å². The molecule has 4 nitrogen and oxygen atoms in total. The van der Waals surface area contributed by atoms with E-state index in [9.17, 15) is 19.8 Å². The van der Waals surface area contributed by atoms with Gasteiger partial charge in [-0.05, 0) is 98.2 Å². The SMILES string of the molecule is C=C(C)C1CCC2(C(=O)O)CCC3(C)C(CCC4C5(C)CCC(=O)C(C)(C)C5C(O)CC43C)C12. The van der Waals surface area contributed by atoms with E-state index in [1.165, 1.54) is 0 Å². The maximum Gasteiger partial charge on any atom is 0.309 e. The Balaban J connectivity index is 1.60. The maximum absolute atomic E-state index is 12.9. The summed E-state index contributed by atoms with van der Waals surface area (Å²) in [6.45, 7) is 17.8. The van der Waals surface area contributed by atoms with Gasteiger partial charge in [-0.25, -0.2) is 0 Å². The fourth-order valence-corrected chi connectivity index (χ4v) is 11.5. The number of hydrogen-bond donors (Lipinski definition) is 2. The largest absolute Gasteiger partial charge is 0.481 e. The van der Waals surface area contributed by atoms with Crippen LogP contribution in [-0.2, 0) is 9.59 Å². The zero-order valence-corrected chi connectivity index (χ0v) is 22.2. The Kier molecular flexibility index (Phi) is 5.20.